The van der Waals surface area contributed by atoms with Crippen LogP contribution in [0.25, 0.3) is 0 Å². The molecular formula is C16H27N3O. The van der Waals surface area contributed by atoms with E-state index in [-0.39, 0.29) is 0 Å². The van der Waals surface area contributed by atoms with Gasteiger partial charge >= 0.3 is 0 Å². The van der Waals surface area contributed by atoms with Crippen molar-refractivity contribution in [1.29, 1.82) is 0 Å². The third-order valence-corrected chi connectivity index (χ3v) is 3.36. The van der Waals surface area contributed by atoms with Crippen LogP contribution in [0.3, 0.4) is 0 Å². The first-order chi connectivity index (χ1) is 9.67. The van der Waals surface area contributed by atoms with Crippen LogP contribution in [0, 0.1) is 5.92 Å². The van der Waals surface area contributed by atoms with Crippen molar-refractivity contribution in [3.63, 3.8) is 0 Å². The second kappa shape index (κ2) is 9.37. The Labute approximate surface area is 122 Å². The lowest BCUT2D eigenvalue weighted by Gasteiger charge is -2.23. The van der Waals surface area contributed by atoms with Gasteiger partial charge in [0.2, 0.25) is 0 Å². The molecule has 4 heteroatoms. The molecule has 0 amide bonds. The van der Waals surface area contributed by atoms with Crippen LogP contribution in [0.4, 0.5) is 0 Å². The fourth-order valence-electron chi connectivity index (χ4n) is 2.11. The second-order valence-electron chi connectivity index (χ2n) is 4.88. The molecule has 0 radical (unpaired) electrons. The highest BCUT2D eigenvalue weighted by Crippen LogP contribution is 2.11. The summed E-state index contributed by atoms with van der Waals surface area (Å²) in [6.45, 7) is 15.5. The Hall–Kier alpha value is -1.55. The number of nitrogens with zero attached hydrogens (tertiary/aromatic N) is 1. The van der Waals surface area contributed by atoms with Crippen molar-refractivity contribution in [1.82, 2.24) is 10.6 Å². The van der Waals surface area contributed by atoms with Crippen molar-refractivity contribution in [3.05, 3.63) is 36.4 Å². The number of rotatable bonds is 8. The van der Waals surface area contributed by atoms with Crippen molar-refractivity contribution in [2.75, 3.05) is 26.2 Å². The van der Waals surface area contributed by atoms with Gasteiger partial charge in [0.15, 0.2) is 0 Å². The highest BCUT2D eigenvalue weighted by Gasteiger charge is 2.12. The van der Waals surface area contributed by atoms with Gasteiger partial charge in [0.05, 0.1) is 6.61 Å². The summed E-state index contributed by atoms with van der Waals surface area (Å²) >= 11 is 0. The predicted octanol–water partition coefficient (Wildman–Crippen LogP) is 2.61. The Kier molecular flexibility index (Phi) is 7.73. The topological polar surface area (TPSA) is 45.6 Å². The molecule has 0 bridgehead atoms. The molecular weight excluding hydrogens is 250 g/mol. The van der Waals surface area contributed by atoms with E-state index in [1.54, 1.807) is 6.21 Å². The lowest BCUT2D eigenvalue weighted by Crippen LogP contribution is -2.33. The molecule has 0 aliphatic carbocycles. The molecule has 0 unspecified atom stereocenters. The zero-order valence-electron chi connectivity index (χ0n) is 12.7. The zero-order chi connectivity index (χ0) is 14.8. The maximum Gasteiger partial charge on any atom is 0.120 e. The van der Waals surface area contributed by atoms with Gasteiger partial charge in [-0.3, -0.25) is 0 Å². The zero-order valence-corrected chi connectivity index (χ0v) is 12.7. The molecule has 0 aromatic heterocycles. The predicted molar refractivity (Wildman–Crippen MR) is 85.8 cm³/mol. The highest BCUT2D eigenvalue weighted by atomic mass is 16.5. The van der Waals surface area contributed by atoms with Gasteiger partial charge in [0.25, 0.3) is 0 Å². The summed E-state index contributed by atoms with van der Waals surface area (Å²) < 4.78 is 5.37. The highest BCUT2D eigenvalue weighted by molar-refractivity contribution is 5.84. The Morgan fingerprint density at radius 2 is 2.10 bits per heavy atom. The molecule has 0 atom stereocenters. The van der Waals surface area contributed by atoms with Gasteiger partial charge in [-0.05, 0) is 45.7 Å². The fourth-order valence-corrected chi connectivity index (χ4v) is 2.11. The molecule has 112 valence electrons. The van der Waals surface area contributed by atoms with E-state index in [4.69, 9.17) is 4.74 Å². The summed E-state index contributed by atoms with van der Waals surface area (Å²) in [5.41, 5.74) is 0.886. The number of allylic oxidation sites excluding steroid dienone is 2. The van der Waals surface area contributed by atoms with Crippen molar-refractivity contribution < 1.29 is 4.74 Å². The summed E-state index contributed by atoms with van der Waals surface area (Å²) in [5.74, 6) is 2.04. The Bertz CT molecular complexity index is 379. The van der Waals surface area contributed by atoms with Gasteiger partial charge in [0, 0.05) is 18.3 Å². The van der Waals surface area contributed by atoms with E-state index < -0.39 is 0 Å². The van der Waals surface area contributed by atoms with Crippen LogP contribution < -0.4 is 10.6 Å². The molecule has 1 aliphatic heterocycles. The first-order valence-corrected chi connectivity index (χ1v) is 7.33. The van der Waals surface area contributed by atoms with Crippen LogP contribution in [0.5, 0.6) is 0 Å². The number of aliphatic imine (C=N–C) groups is 1. The number of piperidine rings is 1. The van der Waals surface area contributed by atoms with Crippen molar-refractivity contribution in [3.8, 4) is 0 Å². The monoisotopic (exact) mass is 277 g/mol. The normalized spacial score (nSPS) is 17.2. The van der Waals surface area contributed by atoms with E-state index in [0.717, 1.165) is 25.2 Å². The summed E-state index contributed by atoms with van der Waals surface area (Å²) in [5, 5.41) is 6.65. The van der Waals surface area contributed by atoms with Gasteiger partial charge < -0.3 is 15.4 Å². The minimum Gasteiger partial charge on any atom is -0.494 e. The Balaban J connectivity index is 2.36. The quantitative estimate of drug-likeness (QED) is 0.407. The maximum atomic E-state index is 5.37. The summed E-state index contributed by atoms with van der Waals surface area (Å²) in [7, 11) is 0. The van der Waals surface area contributed by atoms with Gasteiger partial charge in [0.1, 0.15) is 11.6 Å². The Morgan fingerprint density at radius 3 is 2.70 bits per heavy atom. The van der Waals surface area contributed by atoms with E-state index in [1.807, 2.05) is 19.9 Å². The van der Waals surface area contributed by atoms with Crippen LogP contribution in [0.1, 0.15) is 26.7 Å². The van der Waals surface area contributed by atoms with E-state index in [2.05, 4.69) is 28.8 Å². The average molecular weight is 277 g/mol. The van der Waals surface area contributed by atoms with Crippen LogP contribution >= 0.6 is 0 Å². The molecule has 0 saturated carbocycles. The largest absolute Gasteiger partial charge is 0.494 e. The SMILES string of the molecule is C=C(/N=C\C(=C/C)C(=C)OCC)NCC1CCNCC1. The number of ether oxygens (including phenoxy) is 1. The maximum absolute atomic E-state index is 5.37. The molecule has 1 heterocycles. The average Bonchev–Trinajstić information content (AvgIpc) is 2.47. The van der Waals surface area contributed by atoms with Crippen LogP contribution in [0.15, 0.2) is 41.4 Å². The van der Waals surface area contributed by atoms with Crippen LogP contribution in [-0.4, -0.2) is 32.5 Å². The molecule has 20 heavy (non-hydrogen) atoms. The molecule has 0 spiro atoms. The van der Waals surface area contributed by atoms with Crippen molar-refractivity contribution in [2.24, 2.45) is 10.9 Å². The molecule has 2 N–H and O–H groups in total. The van der Waals surface area contributed by atoms with Gasteiger partial charge in [-0.15, -0.1) is 0 Å². The third-order valence-electron chi connectivity index (χ3n) is 3.36. The molecule has 1 saturated heterocycles. The Morgan fingerprint density at radius 1 is 1.40 bits per heavy atom. The van der Waals surface area contributed by atoms with Crippen LogP contribution in [-0.2, 0) is 4.74 Å². The van der Waals surface area contributed by atoms with Crippen molar-refractivity contribution >= 4 is 6.21 Å². The van der Waals surface area contributed by atoms with E-state index in [1.165, 1.54) is 12.8 Å². The van der Waals surface area contributed by atoms with E-state index in [9.17, 15) is 0 Å². The molecule has 1 rings (SSSR count). The molecule has 4 nitrogen and oxygen atoms in total. The summed E-state index contributed by atoms with van der Waals surface area (Å²) in [4.78, 5) is 4.33. The molecule has 1 aliphatic rings. The van der Waals surface area contributed by atoms with Crippen LogP contribution in [0.2, 0.25) is 0 Å². The molecule has 0 aromatic rings. The first-order valence-electron chi connectivity index (χ1n) is 7.33. The van der Waals surface area contributed by atoms with E-state index >= 15 is 0 Å². The third kappa shape index (κ3) is 6.06. The lowest BCUT2D eigenvalue weighted by molar-refractivity contribution is 0.242. The fraction of sp³-hybridized carbons (Fsp3) is 0.562. The minimum absolute atomic E-state index is 0.610. The minimum atomic E-state index is 0.610. The smallest absolute Gasteiger partial charge is 0.120 e. The standard InChI is InChI=1S/C16H27N3O/c1-5-16(13(3)20-6-2)12-19-14(4)18-11-15-7-9-17-10-8-15/h5,12,15,17-18H,3-4,6-11H2,1-2H3/b16-5+,19-12-. The molecule has 0 aromatic carbocycles. The van der Waals surface area contributed by atoms with E-state index in [0.29, 0.717) is 24.1 Å². The second-order valence-corrected chi connectivity index (χ2v) is 4.88. The number of hydrogen-bond donors (Lipinski definition) is 2. The number of nitrogens with one attached hydrogen (secondary N) is 2. The molecule has 1 fully saturated rings. The number of hydrogen-bond acceptors (Lipinski definition) is 4. The lowest BCUT2D eigenvalue weighted by atomic mass is 9.98. The summed E-state index contributed by atoms with van der Waals surface area (Å²) in [6, 6.07) is 0. The van der Waals surface area contributed by atoms with Gasteiger partial charge in [-0.1, -0.05) is 19.2 Å². The first kappa shape index (κ1) is 16.5. The summed E-state index contributed by atoms with van der Waals surface area (Å²) in [6.07, 6.45) is 6.10. The van der Waals surface area contributed by atoms with Gasteiger partial charge in [-0.25, -0.2) is 4.99 Å². The van der Waals surface area contributed by atoms with Gasteiger partial charge in [-0.2, -0.15) is 0 Å². The van der Waals surface area contributed by atoms with Crippen molar-refractivity contribution in [2.45, 2.75) is 26.7 Å².